The molecule has 3 heteroatoms. The quantitative estimate of drug-likeness (QED) is 0.548. The first-order chi connectivity index (χ1) is 10.3. The monoisotopic (exact) mass is 302 g/mol. The van der Waals surface area contributed by atoms with Crippen molar-refractivity contribution in [1.29, 1.82) is 0 Å². The number of carbonyl (C=O) groups excluding carboxylic acids is 1. The number of hydrogen-bond donors (Lipinski definition) is 0. The maximum absolute atomic E-state index is 12.6. The lowest BCUT2D eigenvalue weighted by atomic mass is 9.89. The van der Waals surface area contributed by atoms with Gasteiger partial charge in [-0.3, -0.25) is 4.79 Å². The molecule has 110 valence electrons. The number of Topliss-reactive ketones (excluding diaryl/α,β-unsaturated/α-hetero) is 1. The smallest absolute Gasteiger partial charge is 0.170 e. The normalized spacial score (nSPS) is 11.9. The van der Waals surface area contributed by atoms with Crippen LogP contribution in [0.15, 0.2) is 54.6 Å². The Morgan fingerprint density at radius 3 is 2.33 bits per heavy atom. The Morgan fingerprint density at radius 1 is 1.10 bits per heavy atom. The highest BCUT2D eigenvalue weighted by Crippen LogP contribution is 2.25. The summed E-state index contributed by atoms with van der Waals surface area (Å²) in [5.41, 5.74) is 1.77. The van der Waals surface area contributed by atoms with Crippen LogP contribution >= 0.6 is 11.6 Å². The van der Waals surface area contributed by atoms with E-state index < -0.39 is 0 Å². The second-order valence-electron chi connectivity index (χ2n) is 4.80. The molecular weight excluding hydrogens is 284 g/mol. The molecule has 0 bridgehead atoms. The third-order valence-electron chi connectivity index (χ3n) is 3.41. The third-order valence-corrected chi connectivity index (χ3v) is 3.57. The van der Waals surface area contributed by atoms with Crippen LogP contribution in [0.3, 0.4) is 0 Å². The van der Waals surface area contributed by atoms with Gasteiger partial charge in [-0.05, 0) is 36.2 Å². The van der Waals surface area contributed by atoms with Crippen molar-refractivity contribution in [3.63, 3.8) is 0 Å². The molecule has 0 aliphatic rings. The topological polar surface area (TPSA) is 26.3 Å². The fraction of sp³-hybridized carbons (Fsp3) is 0.278. The molecule has 0 saturated carbocycles. The average molecular weight is 303 g/mol. The van der Waals surface area contributed by atoms with E-state index in [4.69, 9.17) is 16.3 Å². The molecule has 0 heterocycles. The summed E-state index contributed by atoms with van der Waals surface area (Å²) in [5, 5.41) is 0. The van der Waals surface area contributed by atoms with Gasteiger partial charge in [-0.15, -0.1) is 11.6 Å². The molecule has 0 N–H and O–H groups in total. The van der Waals surface area contributed by atoms with Gasteiger partial charge in [0, 0.05) is 11.5 Å². The molecule has 0 unspecified atom stereocenters. The highest BCUT2D eigenvalue weighted by Gasteiger charge is 2.19. The average Bonchev–Trinajstić information content (AvgIpc) is 2.55. The summed E-state index contributed by atoms with van der Waals surface area (Å²) in [6.45, 7) is 2.50. The van der Waals surface area contributed by atoms with Crippen molar-refractivity contribution in [2.45, 2.75) is 19.3 Å². The Labute approximate surface area is 130 Å². The van der Waals surface area contributed by atoms with E-state index in [9.17, 15) is 4.79 Å². The minimum Gasteiger partial charge on any atom is -0.492 e. The summed E-state index contributed by atoms with van der Waals surface area (Å²) in [6.07, 6.45) is 0.785. The Morgan fingerprint density at radius 2 is 1.76 bits per heavy atom. The zero-order valence-corrected chi connectivity index (χ0v) is 12.8. The summed E-state index contributed by atoms with van der Waals surface area (Å²) >= 11 is 5.58. The van der Waals surface area contributed by atoms with E-state index in [1.54, 1.807) is 0 Å². The van der Waals surface area contributed by atoms with Crippen LogP contribution in [0.4, 0.5) is 0 Å². The lowest BCUT2D eigenvalue weighted by Gasteiger charge is -2.14. The van der Waals surface area contributed by atoms with Crippen molar-refractivity contribution in [1.82, 2.24) is 0 Å². The van der Waals surface area contributed by atoms with E-state index in [2.05, 4.69) is 0 Å². The molecular formula is C18H19ClO2. The van der Waals surface area contributed by atoms with Gasteiger partial charge >= 0.3 is 0 Å². The van der Waals surface area contributed by atoms with Crippen LogP contribution in [0.5, 0.6) is 5.75 Å². The van der Waals surface area contributed by atoms with Crippen molar-refractivity contribution in [3.8, 4) is 5.75 Å². The summed E-state index contributed by atoms with van der Waals surface area (Å²) in [7, 11) is 0. The van der Waals surface area contributed by atoms with E-state index in [-0.39, 0.29) is 11.7 Å². The van der Waals surface area contributed by atoms with Crippen LogP contribution < -0.4 is 4.74 Å². The molecule has 0 radical (unpaired) electrons. The second kappa shape index (κ2) is 7.84. The first-order valence-corrected chi connectivity index (χ1v) is 7.67. The van der Waals surface area contributed by atoms with E-state index >= 15 is 0 Å². The lowest BCUT2D eigenvalue weighted by Crippen LogP contribution is -2.12. The molecule has 2 aromatic rings. The molecule has 0 fully saturated rings. The van der Waals surface area contributed by atoms with Gasteiger partial charge in [-0.1, -0.05) is 37.3 Å². The number of halogens is 1. The summed E-state index contributed by atoms with van der Waals surface area (Å²) in [6, 6.07) is 17.2. The number of carbonyl (C=O) groups is 1. The summed E-state index contributed by atoms with van der Waals surface area (Å²) in [4.78, 5) is 12.6. The molecule has 0 spiro atoms. The first-order valence-electron chi connectivity index (χ1n) is 7.14. The Hall–Kier alpha value is -1.80. The largest absolute Gasteiger partial charge is 0.492 e. The maximum Gasteiger partial charge on any atom is 0.170 e. The number of hydrogen-bond acceptors (Lipinski definition) is 2. The van der Waals surface area contributed by atoms with Crippen LogP contribution in [0.1, 0.15) is 35.2 Å². The van der Waals surface area contributed by atoms with Gasteiger partial charge in [-0.2, -0.15) is 0 Å². The predicted molar refractivity (Wildman–Crippen MR) is 86.5 cm³/mol. The highest BCUT2D eigenvalue weighted by molar-refractivity contribution is 6.18. The molecule has 0 saturated heterocycles. The third kappa shape index (κ3) is 4.08. The number of ether oxygens (including phenoxy) is 1. The molecule has 2 aromatic carbocycles. The summed E-state index contributed by atoms with van der Waals surface area (Å²) < 4.78 is 5.42. The Balaban J connectivity index is 2.14. The van der Waals surface area contributed by atoms with Gasteiger partial charge in [0.2, 0.25) is 0 Å². The van der Waals surface area contributed by atoms with Crippen molar-refractivity contribution < 1.29 is 9.53 Å². The second-order valence-corrected chi connectivity index (χ2v) is 5.18. The maximum atomic E-state index is 12.6. The molecule has 0 aliphatic heterocycles. The van der Waals surface area contributed by atoms with Crippen LogP contribution in [-0.2, 0) is 0 Å². The van der Waals surface area contributed by atoms with Crippen molar-refractivity contribution in [2.75, 3.05) is 12.5 Å². The van der Waals surface area contributed by atoms with Gasteiger partial charge in [0.15, 0.2) is 5.78 Å². The van der Waals surface area contributed by atoms with Crippen LogP contribution in [0, 0.1) is 0 Å². The SMILES string of the molecule is CC[C@@H](C(=O)c1ccc(OCCCl)cc1)c1ccccc1. The fourth-order valence-electron chi connectivity index (χ4n) is 2.33. The molecule has 21 heavy (non-hydrogen) atoms. The van der Waals surface area contributed by atoms with E-state index in [1.165, 1.54) is 0 Å². The minimum atomic E-state index is -0.0965. The summed E-state index contributed by atoms with van der Waals surface area (Å²) in [5.74, 6) is 1.24. The van der Waals surface area contributed by atoms with Gasteiger partial charge < -0.3 is 4.74 Å². The van der Waals surface area contributed by atoms with Gasteiger partial charge in [0.1, 0.15) is 12.4 Å². The van der Waals surface area contributed by atoms with Crippen LogP contribution in [0.2, 0.25) is 0 Å². The Kier molecular flexibility index (Phi) is 5.82. The van der Waals surface area contributed by atoms with Crippen molar-refractivity contribution in [2.24, 2.45) is 0 Å². The number of alkyl halides is 1. The number of ketones is 1. The van der Waals surface area contributed by atoms with Crippen molar-refractivity contribution >= 4 is 17.4 Å². The van der Waals surface area contributed by atoms with E-state index in [0.29, 0.717) is 18.1 Å². The molecule has 0 amide bonds. The van der Waals surface area contributed by atoms with E-state index in [0.717, 1.165) is 17.7 Å². The molecule has 2 rings (SSSR count). The van der Waals surface area contributed by atoms with Crippen LogP contribution in [-0.4, -0.2) is 18.3 Å². The number of benzene rings is 2. The van der Waals surface area contributed by atoms with E-state index in [1.807, 2.05) is 61.5 Å². The molecule has 0 aromatic heterocycles. The Bertz CT molecular complexity index is 564. The van der Waals surface area contributed by atoms with Gasteiger partial charge in [0.25, 0.3) is 0 Å². The molecule has 0 aliphatic carbocycles. The zero-order valence-electron chi connectivity index (χ0n) is 12.1. The minimum absolute atomic E-state index is 0.0965. The standard InChI is InChI=1S/C18H19ClO2/c1-2-17(14-6-4-3-5-7-14)18(20)15-8-10-16(11-9-15)21-13-12-19/h3-11,17H,2,12-13H2,1H3/t17-/m1/s1. The molecule has 2 nitrogen and oxygen atoms in total. The number of rotatable bonds is 7. The lowest BCUT2D eigenvalue weighted by molar-refractivity contribution is 0.0957. The molecule has 1 atom stereocenters. The first kappa shape index (κ1) is 15.6. The highest BCUT2D eigenvalue weighted by atomic mass is 35.5. The van der Waals surface area contributed by atoms with Crippen molar-refractivity contribution in [3.05, 3.63) is 65.7 Å². The fourth-order valence-corrected chi connectivity index (χ4v) is 2.41. The predicted octanol–water partition coefficient (Wildman–Crippen LogP) is 4.68. The van der Waals surface area contributed by atoms with Crippen LogP contribution in [0.25, 0.3) is 0 Å². The zero-order chi connectivity index (χ0) is 15.1. The van der Waals surface area contributed by atoms with Gasteiger partial charge in [0.05, 0.1) is 5.88 Å². The van der Waals surface area contributed by atoms with Gasteiger partial charge in [-0.25, -0.2) is 0 Å².